The average molecular weight is 224 g/mol. The number of nitrogens with zero attached hydrogens (tertiary/aromatic N) is 1. The zero-order chi connectivity index (χ0) is 11.4. The van der Waals surface area contributed by atoms with Crippen LogP contribution in [0.3, 0.4) is 0 Å². The first-order valence-electron chi connectivity index (χ1n) is 6.37. The number of hydrogen-bond donors (Lipinski definition) is 1. The molecule has 0 saturated heterocycles. The molecule has 16 heavy (non-hydrogen) atoms. The Balaban J connectivity index is 1.80. The Morgan fingerprint density at radius 1 is 1.50 bits per heavy atom. The highest BCUT2D eigenvalue weighted by Crippen LogP contribution is 2.40. The zero-order valence-electron chi connectivity index (χ0n) is 10.4. The Labute approximate surface area is 98.6 Å². The van der Waals surface area contributed by atoms with E-state index in [1.54, 1.807) is 7.11 Å². The molecule has 2 aliphatic rings. The minimum atomic E-state index is 0.451. The van der Waals surface area contributed by atoms with Crippen molar-refractivity contribution in [3.8, 4) is 0 Å². The Kier molecular flexibility index (Phi) is 4.00. The standard InChI is InChI=1S/C13H24N2O/c1-16-9-12-3-7-15(8-4-12)11-13(10-14)5-2-6-13/h3H,2,4-11,14H2,1H3. The summed E-state index contributed by atoms with van der Waals surface area (Å²) in [5, 5.41) is 0. The molecule has 1 aliphatic heterocycles. The van der Waals surface area contributed by atoms with Crippen molar-refractivity contribution < 1.29 is 4.74 Å². The molecule has 3 nitrogen and oxygen atoms in total. The van der Waals surface area contributed by atoms with E-state index in [1.165, 1.54) is 37.9 Å². The molecule has 0 atom stereocenters. The van der Waals surface area contributed by atoms with Gasteiger partial charge in [0.25, 0.3) is 0 Å². The summed E-state index contributed by atoms with van der Waals surface area (Å²) in [6.07, 6.45) is 7.52. The van der Waals surface area contributed by atoms with Crippen LogP contribution in [0.4, 0.5) is 0 Å². The van der Waals surface area contributed by atoms with Crippen LogP contribution in [0.25, 0.3) is 0 Å². The van der Waals surface area contributed by atoms with Crippen molar-refractivity contribution in [3.63, 3.8) is 0 Å². The van der Waals surface area contributed by atoms with Gasteiger partial charge in [-0.1, -0.05) is 12.5 Å². The monoisotopic (exact) mass is 224 g/mol. The summed E-state index contributed by atoms with van der Waals surface area (Å²) < 4.78 is 5.16. The molecule has 0 aromatic rings. The largest absolute Gasteiger partial charge is 0.380 e. The Morgan fingerprint density at radius 2 is 2.31 bits per heavy atom. The van der Waals surface area contributed by atoms with E-state index in [-0.39, 0.29) is 0 Å². The van der Waals surface area contributed by atoms with Gasteiger partial charge in [-0.25, -0.2) is 0 Å². The smallest absolute Gasteiger partial charge is 0.0673 e. The SMILES string of the molecule is COCC1=CCN(CC2(CN)CCC2)CC1. The van der Waals surface area contributed by atoms with Crippen molar-refractivity contribution in [2.45, 2.75) is 25.7 Å². The summed E-state index contributed by atoms with van der Waals surface area (Å²) in [4.78, 5) is 2.55. The Hall–Kier alpha value is -0.380. The maximum Gasteiger partial charge on any atom is 0.0673 e. The second kappa shape index (κ2) is 5.30. The summed E-state index contributed by atoms with van der Waals surface area (Å²) in [5.41, 5.74) is 7.80. The van der Waals surface area contributed by atoms with E-state index in [4.69, 9.17) is 10.5 Å². The van der Waals surface area contributed by atoms with Crippen LogP contribution >= 0.6 is 0 Å². The maximum absolute atomic E-state index is 5.90. The number of ether oxygens (including phenoxy) is 1. The molecule has 0 aromatic heterocycles. The highest BCUT2D eigenvalue weighted by atomic mass is 16.5. The topological polar surface area (TPSA) is 38.5 Å². The van der Waals surface area contributed by atoms with Crippen LogP contribution in [-0.2, 0) is 4.74 Å². The fourth-order valence-electron chi connectivity index (χ4n) is 2.79. The summed E-state index contributed by atoms with van der Waals surface area (Å²) >= 11 is 0. The molecule has 1 fully saturated rings. The van der Waals surface area contributed by atoms with Crippen molar-refractivity contribution in [1.82, 2.24) is 4.90 Å². The lowest BCUT2D eigenvalue weighted by molar-refractivity contribution is 0.0776. The van der Waals surface area contributed by atoms with Gasteiger partial charge in [-0.3, -0.25) is 4.90 Å². The van der Waals surface area contributed by atoms with Gasteiger partial charge in [-0.05, 0) is 36.8 Å². The summed E-state index contributed by atoms with van der Waals surface area (Å²) in [7, 11) is 1.77. The highest BCUT2D eigenvalue weighted by molar-refractivity contribution is 5.08. The minimum absolute atomic E-state index is 0.451. The number of methoxy groups -OCH3 is 1. The molecule has 2 N–H and O–H groups in total. The molecule has 1 saturated carbocycles. The summed E-state index contributed by atoms with van der Waals surface area (Å²) in [5.74, 6) is 0. The molecule has 1 aliphatic carbocycles. The third-order valence-electron chi connectivity index (χ3n) is 4.12. The Morgan fingerprint density at radius 3 is 2.75 bits per heavy atom. The van der Waals surface area contributed by atoms with Gasteiger partial charge in [0.15, 0.2) is 0 Å². The lowest BCUT2D eigenvalue weighted by Crippen LogP contribution is -2.48. The average Bonchev–Trinajstić information content (AvgIpc) is 2.26. The number of hydrogen-bond acceptors (Lipinski definition) is 3. The van der Waals surface area contributed by atoms with Gasteiger partial charge < -0.3 is 10.5 Å². The summed E-state index contributed by atoms with van der Waals surface area (Å²) in [6, 6.07) is 0. The van der Waals surface area contributed by atoms with Crippen molar-refractivity contribution >= 4 is 0 Å². The fraction of sp³-hybridized carbons (Fsp3) is 0.846. The van der Waals surface area contributed by atoms with E-state index in [9.17, 15) is 0 Å². The number of nitrogens with two attached hydrogens (primary N) is 1. The molecule has 0 unspecified atom stereocenters. The van der Waals surface area contributed by atoms with Crippen LogP contribution in [0.1, 0.15) is 25.7 Å². The third-order valence-corrected chi connectivity index (χ3v) is 4.12. The van der Waals surface area contributed by atoms with Crippen molar-refractivity contribution in [2.75, 3.05) is 39.9 Å². The van der Waals surface area contributed by atoms with Crippen LogP contribution in [0.2, 0.25) is 0 Å². The van der Waals surface area contributed by atoms with E-state index < -0.39 is 0 Å². The number of rotatable bonds is 5. The molecular formula is C13H24N2O. The zero-order valence-corrected chi connectivity index (χ0v) is 10.4. The molecule has 0 amide bonds. The molecule has 0 spiro atoms. The quantitative estimate of drug-likeness (QED) is 0.717. The lowest BCUT2D eigenvalue weighted by Gasteiger charge is -2.45. The van der Waals surface area contributed by atoms with E-state index >= 15 is 0 Å². The first-order valence-corrected chi connectivity index (χ1v) is 6.37. The van der Waals surface area contributed by atoms with Crippen LogP contribution in [0, 0.1) is 5.41 Å². The van der Waals surface area contributed by atoms with Crippen LogP contribution in [0.5, 0.6) is 0 Å². The van der Waals surface area contributed by atoms with Gasteiger partial charge in [0.05, 0.1) is 6.61 Å². The molecule has 2 rings (SSSR count). The maximum atomic E-state index is 5.90. The van der Waals surface area contributed by atoms with E-state index in [1.807, 2.05) is 0 Å². The first-order chi connectivity index (χ1) is 7.78. The van der Waals surface area contributed by atoms with E-state index in [0.717, 1.165) is 26.1 Å². The second-order valence-electron chi connectivity index (χ2n) is 5.34. The minimum Gasteiger partial charge on any atom is -0.380 e. The van der Waals surface area contributed by atoms with Crippen molar-refractivity contribution in [3.05, 3.63) is 11.6 Å². The fourth-order valence-corrected chi connectivity index (χ4v) is 2.79. The van der Waals surface area contributed by atoms with Gasteiger partial charge in [0.1, 0.15) is 0 Å². The van der Waals surface area contributed by atoms with Gasteiger partial charge >= 0.3 is 0 Å². The second-order valence-corrected chi connectivity index (χ2v) is 5.34. The van der Waals surface area contributed by atoms with Gasteiger partial charge in [0, 0.05) is 26.7 Å². The van der Waals surface area contributed by atoms with Crippen LogP contribution < -0.4 is 5.73 Å². The third kappa shape index (κ3) is 2.65. The predicted octanol–water partition coefficient (Wildman–Crippen LogP) is 1.39. The van der Waals surface area contributed by atoms with Crippen molar-refractivity contribution in [1.29, 1.82) is 0 Å². The highest BCUT2D eigenvalue weighted by Gasteiger charge is 2.37. The van der Waals surface area contributed by atoms with Crippen LogP contribution in [-0.4, -0.2) is 44.8 Å². The molecule has 0 bridgehead atoms. The molecular weight excluding hydrogens is 200 g/mol. The lowest BCUT2D eigenvalue weighted by atomic mass is 9.68. The first kappa shape index (κ1) is 12.1. The predicted molar refractivity (Wildman–Crippen MR) is 66.4 cm³/mol. The molecule has 92 valence electrons. The van der Waals surface area contributed by atoms with Crippen molar-refractivity contribution in [2.24, 2.45) is 11.1 Å². The van der Waals surface area contributed by atoms with Gasteiger partial charge in [0.2, 0.25) is 0 Å². The summed E-state index contributed by atoms with van der Waals surface area (Å²) in [6.45, 7) is 5.12. The van der Waals surface area contributed by atoms with E-state index in [2.05, 4.69) is 11.0 Å². The molecule has 0 aromatic carbocycles. The van der Waals surface area contributed by atoms with E-state index in [0.29, 0.717) is 5.41 Å². The normalized spacial score (nSPS) is 25.0. The van der Waals surface area contributed by atoms with Crippen LogP contribution in [0.15, 0.2) is 11.6 Å². The van der Waals surface area contributed by atoms with Gasteiger partial charge in [-0.2, -0.15) is 0 Å². The van der Waals surface area contributed by atoms with Gasteiger partial charge in [-0.15, -0.1) is 0 Å². The molecule has 0 radical (unpaired) electrons. The molecule has 3 heteroatoms. The Bertz CT molecular complexity index is 253. The molecule has 1 heterocycles.